The van der Waals surface area contributed by atoms with Gasteiger partial charge in [0.25, 0.3) is 0 Å². The molecule has 2 N–H and O–H groups in total. The first kappa shape index (κ1) is 10.8. The topological polar surface area (TPSA) is 77.8 Å². The molecule has 16 heavy (non-hydrogen) atoms. The second kappa shape index (κ2) is 4.02. The SMILES string of the molecule is CC(C)(N)c1nc(Cc2ccccn2)no1. The second-order valence-corrected chi connectivity index (χ2v) is 4.24. The summed E-state index contributed by atoms with van der Waals surface area (Å²) in [6.45, 7) is 3.65. The fourth-order valence-electron chi connectivity index (χ4n) is 1.25. The number of hydrogen-bond donors (Lipinski definition) is 1. The lowest BCUT2D eigenvalue weighted by atomic mass is 10.1. The van der Waals surface area contributed by atoms with Crippen molar-refractivity contribution < 1.29 is 4.52 Å². The molecule has 0 saturated carbocycles. The van der Waals surface area contributed by atoms with Gasteiger partial charge in [0, 0.05) is 11.9 Å². The number of pyridine rings is 1. The summed E-state index contributed by atoms with van der Waals surface area (Å²) in [6, 6.07) is 5.72. The molecule has 84 valence electrons. The van der Waals surface area contributed by atoms with Crippen molar-refractivity contribution in [1.82, 2.24) is 15.1 Å². The molecule has 0 fully saturated rings. The Balaban J connectivity index is 2.15. The van der Waals surface area contributed by atoms with Gasteiger partial charge in [-0.15, -0.1) is 0 Å². The average Bonchev–Trinajstić information content (AvgIpc) is 2.67. The summed E-state index contributed by atoms with van der Waals surface area (Å²) < 4.78 is 5.09. The minimum atomic E-state index is -0.602. The van der Waals surface area contributed by atoms with Crippen LogP contribution in [0.2, 0.25) is 0 Å². The van der Waals surface area contributed by atoms with Gasteiger partial charge in [-0.2, -0.15) is 4.98 Å². The van der Waals surface area contributed by atoms with Crippen LogP contribution in [0.15, 0.2) is 28.9 Å². The molecule has 0 bridgehead atoms. The van der Waals surface area contributed by atoms with E-state index in [1.54, 1.807) is 6.20 Å². The number of hydrogen-bond acceptors (Lipinski definition) is 5. The molecule has 2 aromatic heterocycles. The zero-order chi connectivity index (χ0) is 11.6. The van der Waals surface area contributed by atoms with Crippen molar-refractivity contribution >= 4 is 0 Å². The quantitative estimate of drug-likeness (QED) is 0.838. The highest BCUT2D eigenvalue weighted by atomic mass is 16.5. The van der Waals surface area contributed by atoms with Gasteiger partial charge in [-0.3, -0.25) is 4.98 Å². The lowest BCUT2D eigenvalue weighted by molar-refractivity contribution is 0.310. The van der Waals surface area contributed by atoms with Gasteiger partial charge < -0.3 is 10.3 Å². The van der Waals surface area contributed by atoms with E-state index in [2.05, 4.69) is 15.1 Å². The van der Waals surface area contributed by atoms with Crippen molar-refractivity contribution in [3.63, 3.8) is 0 Å². The highest BCUT2D eigenvalue weighted by molar-refractivity contribution is 5.10. The minimum absolute atomic E-state index is 0.443. The molecule has 0 amide bonds. The first-order chi connectivity index (χ1) is 7.55. The van der Waals surface area contributed by atoms with E-state index in [1.165, 1.54) is 0 Å². The van der Waals surface area contributed by atoms with Crippen LogP contribution < -0.4 is 5.73 Å². The van der Waals surface area contributed by atoms with Crippen LogP contribution in [0, 0.1) is 0 Å². The van der Waals surface area contributed by atoms with Crippen molar-refractivity contribution in [2.75, 3.05) is 0 Å². The maximum Gasteiger partial charge on any atom is 0.246 e. The third-order valence-corrected chi connectivity index (χ3v) is 2.08. The molecule has 2 heterocycles. The van der Waals surface area contributed by atoms with E-state index in [1.807, 2.05) is 32.0 Å². The Morgan fingerprint density at radius 1 is 1.38 bits per heavy atom. The van der Waals surface area contributed by atoms with Crippen LogP contribution in [0.3, 0.4) is 0 Å². The summed E-state index contributed by atoms with van der Waals surface area (Å²) in [5.74, 6) is 1.05. The van der Waals surface area contributed by atoms with Crippen LogP contribution >= 0.6 is 0 Å². The van der Waals surface area contributed by atoms with Gasteiger partial charge in [0.2, 0.25) is 5.89 Å². The Morgan fingerprint density at radius 3 is 2.75 bits per heavy atom. The fourth-order valence-corrected chi connectivity index (χ4v) is 1.25. The van der Waals surface area contributed by atoms with E-state index in [9.17, 15) is 0 Å². The summed E-state index contributed by atoms with van der Waals surface area (Å²) in [5, 5.41) is 3.87. The van der Waals surface area contributed by atoms with E-state index in [-0.39, 0.29) is 0 Å². The Morgan fingerprint density at radius 2 is 2.19 bits per heavy atom. The molecule has 0 aromatic carbocycles. The molecule has 0 aliphatic carbocycles. The van der Waals surface area contributed by atoms with Crippen LogP contribution in [0.5, 0.6) is 0 Å². The summed E-state index contributed by atoms with van der Waals surface area (Å²) in [6.07, 6.45) is 2.30. The molecule has 0 atom stereocenters. The van der Waals surface area contributed by atoms with Gasteiger partial charge in [-0.25, -0.2) is 0 Å². The minimum Gasteiger partial charge on any atom is -0.337 e. The average molecular weight is 218 g/mol. The smallest absolute Gasteiger partial charge is 0.246 e. The molecule has 5 heteroatoms. The van der Waals surface area contributed by atoms with Gasteiger partial charge in [0.1, 0.15) is 0 Å². The Bertz CT molecular complexity index is 458. The predicted octanol–water partition coefficient (Wildman–Crippen LogP) is 1.25. The maximum absolute atomic E-state index is 5.85. The number of nitrogens with zero attached hydrogens (tertiary/aromatic N) is 3. The van der Waals surface area contributed by atoms with Gasteiger partial charge in [0.05, 0.1) is 12.0 Å². The Hall–Kier alpha value is -1.75. The monoisotopic (exact) mass is 218 g/mol. The first-order valence-electron chi connectivity index (χ1n) is 5.07. The summed E-state index contributed by atoms with van der Waals surface area (Å²) in [5.41, 5.74) is 6.16. The molecule has 5 nitrogen and oxygen atoms in total. The van der Waals surface area contributed by atoms with Gasteiger partial charge in [0.15, 0.2) is 5.82 Å². The fraction of sp³-hybridized carbons (Fsp3) is 0.364. The van der Waals surface area contributed by atoms with Gasteiger partial charge in [-0.05, 0) is 26.0 Å². The van der Waals surface area contributed by atoms with Crippen LogP contribution in [0.4, 0.5) is 0 Å². The lowest BCUT2D eigenvalue weighted by Crippen LogP contribution is -2.29. The molecule has 0 aliphatic rings. The van der Waals surface area contributed by atoms with Crippen molar-refractivity contribution in [1.29, 1.82) is 0 Å². The van der Waals surface area contributed by atoms with Crippen LogP contribution in [-0.4, -0.2) is 15.1 Å². The molecule has 0 saturated heterocycles. The molecular weight excluding hydrogens is 204 g/mol. The zero-order valence-electron chi connectivity index (χ0n) is 9.34. The van der Waals surface area contributed by atoms with Crippen molar-refractivity contribution in [2.45, 2.75) is 25.8 Å². The third kappa shape index (κ3) is 2.43. The summed E-state index contributed by atoms with van der Waals surface area (Å²) in [7, 11) is 0. The van der Waals surface area contributed by atoms with Crippen molar-refractivity contribution in [3.8, 4) is 0 Å². The van der Waals surface area contributed by atoms with E-state index < -0.39 is 5.54 Å². The Labute approximate surface area is 93.7 Å². The van der Waals surface area contributed by atoms with Crippen LogP contribution in [-0.2, 0) is 12.0 Å². The molecule has 0 spiro atoms. The van der Waals surface area contributed by atoms with Gasteiger partial charge >= 0.3 is 0 Å². The standard InChI is InChI=1S/C11H14N4O/c1-11(2,12)10-14-9(15-16-10)7-8-5-3-4-6-13-8/h3-6H,7,12H2,1-2H3. The van der Waals surface area contributed by atoms with Gasteiger partial charge in [-0.1, -0.05) is 11.2 Å². The molecular formula is C11H14N4O. The van der Waals surface area contributed by atoms with Crippen molar-refractivity contribution in [2.24, 2.45) is 5.73 Å². The number of rotatable bonds is 3. The summed E-state index contributed by atoms with van der Waals surface area (Å²) in [4.78, 5) is 8.43. The van der Waals surface area contributed by atoms with E-state index in [0.29, 0.717) is 18.1 Å². The second-order valence-electron chi connectivity index (χ2n) is 4.24. The van der Waals surface area contributed by atoms with Crippen LogP contribution in [0.25, 0.3) is 0 Å². The number of aromatic nitrogens is 3. The van der Waals surface area contributed by atoms with Crippen LogP contribution in [0.1, 0.15) is 31.3 Å². The first-order valence-corrected chi connectivity index (χ1v) is 5.07. The molecule has 2 rings (SSSR count). The zero-order valence-corrected chi connectivity index (χ0v) is 9.34. The highest BCUT2D eigenvalue weighted by Gasteiger charge is 2.22. The molecule has 0 unspecified atom stereocenters. The molecule has 0 aliphatic heterocycles. The Kier molecular flexibility index (Phi) is 2.70. The van der Waals surface area contributed by atoms with Crippen molar-refractivity contribution in [3.05, 3.63) is 41.8 Å². The number of nitrogens with two attached hydrogens (primary N) is 1. The van der Waals surface area contributed by atoms with E-state index in [4.69, 9.17) is 10.3 Å². The highest BCUT2D eigenvalue weighted by Crippen LogP contribution is 2.14. The van der Waals surface area contributed by atoms with E-state index >= 15 is 0 Å². The molecule has 0 radical (unpaired) electrons. The normalized spacial score (nSPS) is 11.7. The lowest BCUT2D eigenvalue weighted by Gasteiger charge is -2.10. The summed E-state index contributed by atoms with van der Waals surface area (Å²) >= 11 is 0. The van der Waals surface area contributed by atoms with E-state index in [0.717, 1.165) is 5.69 Å². The molecule has 2 aromatic rings. The largest absolute Gasteiger partial charge is 0.337 e. The maximum atomic E-state index is 5.85. The predicted molar refractivity (Wildman–Crippen MR) is 58.6 cm³/mol. The third-order valence-electron chi connectivity index (χ3n) is 2.08.